The van der Waals surface area contributed by atoms with Crippen LogP contribution >= 0.6 is 0 Å². The molecule has 0 bridgehead atoms. The zero-order chi connectivity index (χ0) is 12.6. The Kier molecular flexibility index (Phi) is 6.63. The Hall–Kier alpha value is -1.18. The van der Waals surface area contributed by atoms with Gasteiger partial charge >= 0.3 is 0 Å². The first-order valence-corrected chi connectivity index (χ1v) is 6.06. The minimum Gasteiger partial charge on any atom is -0.449 e. The third-order valence-corrected chi connectivity index (χ3v) is 1.56. The van der Waals surface area contributed by atoms with Gasteiger partial charge in [0.15, 0.2) is 11.5 Å². The number of rotatable bonds is 0. The van der Waals surface area contributed by atoms with Crippen LogP contribution in [0.2, 0.25) is 0 Å². The van der Waals surface area contributed by atoms with Crippen LogP contribution < -0.4 is 9.47 Å². The van der Waals surface area contributed by atoms with Gasteiger partial charge < -0.3 is 9.47 Å². The molecule has 2 rings (SSSR count). The molecule has 2 heteroatoms. The quantitative estimate of drug-likeness (QED) is 0.639. The molecule has 0 saturated heterocycles. The topological polar surface area (TPSA) is 18.5 Å². The Balaban J connectivity index is 0.000000394. The van der Waals surface area contributed by atoms with Crippen LogP contribution in [0.15, 0.2) is 24.3 Å². The summed E-state index contributed by atoms with van der Waals surface area (Å²) in [4.78, 5) is 0. The van der Waals surface area contributed by atoms with E-state index in [4.69, 9.17) is 9.47 Å². The second-order valence-corrected chi connectivity index (χ2v) is 3.76. The Morgan fingerprint density at radius 2 is 1.25 bits per heavy atom. The molecule has 1 aromatic carbocycles. The molecule has 2 nitrogen and oxygen atoms in total. The highest BCUT2D eigenvalue weighted by Gasteiger charge is 2.30. The van der Waals surface area contributed by atoms with E-state index >= 15 is 0 Å². The van der Waals surface area contributed by atoms with Crippen LogP contribution in [-0.4, -0.2) is 5.79 Å². The molecular weight excluding hydrogens is 200 g/mol. The van der Waals surface area contributed by atoms with E-state index < -0.39 is 5.79 Å². The van der Waals surface area contributed by atoms with Crippen LogP contribution in [0.25, 0.3) is 0 Å². The van der Waals surface area contributed by atoms with E-state index in [1.54, 1.807) is 0 Å². The van der Waals surface area contributed by atoms with Gasteiger partial charge in [-0.15, -0.1) is 0 Å². The number of benzene rings is 1. The zero-order valence-electron chi connectivity index (χ0n) is 11.3. The van der Waals surface area contributed by atoms with Crippen molar-refractivity contribution in [2.75, 3.05) is 0 Å². The summed E-state index contributed by atoms with van der Waals surface area (Å²) in [5.74, 6) is 1.17. The van der Waals surface area contributed by atoms with Gasteiger partial charge in [-0.2, -0.15) is 0 Å². The van der Waals surface area contributed by atoms with Crippen molar-refractivity contribution < 1.29 is 9.47 Å². The highest BCUT2D eigenvalue weighted by molar-refractivity contribution is 5.42. The fourth-order valence-electron chi connectivity index (χ4n) is 1.17. The molecule has 1 aliphatic rings. The Bertz CT molecular complexity index is 266. The van der Waals surface area contributed by atoms with Gasteiger partial charge in [0.1, 0.15) is 0 Å². The Labute approximate surface area is 99.6 Å². The summed E-state index contributed by atoms with van der Waals surface area (Å²) in [7, 11) is 0. The summed E-state index contributed by atoms with van der Waals surface area (Å²) in [6.07, 6.45) is 1.25. The number of fused-ring (bicyclic) bond motifs is 1. The van der Waals surface area contributed by atoms with Gasteiger partial charge in [0.05, 0.1) is 0 Å². The van der Waals surface area contributed by atoms with E-state index in [1.807, 2.05) is 52.0 Å². The maximum atomic E-state index is 5.47. The van der Waals surface area contributed by atoms with Crippen LogP contribution in [0.4, 0.5) is 0 Å². The maximum Gasteiger partial charge on any atom is 0.246 e. The molecule has 0 aromatic heterocycles. The largest absolute Gasteiger partial charge is 0.449 e. The average Bonchev–Trinajstić information content (AvgIpc) is 2.55. The Morgan fingerprint density at radius 3 is 1.56 bits per heavy atom. The van der Waals surface area contributed by atoms with Gasteiger partial charge in [-0.25, -0.2) is 0 Å². The molecule has 0 atom stereocenters. The van der Waals surface area contributed by atoms with Crippen LogP contribution in [0, 0.1) is 0 Å². The van der Waals surface area contributed by atoms with Gasteiger partial charge in [-0.3, -0.25) is 0 Å². The van der Waals surface area contributed by atoms with Crippen molar-refractivity contribution in [3.05, 3.63) is 24.3 Å². The van der Waals surface area contributed by atoms with Crippen molar-refractivity contribution in [2.24, 2.45) is 0 Å². The summed E-state index contributed by atoms with van der Waals surface area (Å²) < 4.78 is 10.9. The van der Waals surface area contributed by atoms with E-state index in [0.29, 0.717) is 0 Å². The van der Waals surface area contributed by atoms with Crippen molar-refractivity contribution >= 4 is 0 Å². The standard InChI is InChI=1S/C9H10O2.C3H8.C2H6/c1-9(2)10-7-5-3-4-6-8(7)11-9;1-3-2;1-2/h3-6H,1-2H3;3H2,1-2H3;1-2H3. The van der Waals surface area contributed by atoms with Crippen LogP contribution in [0.3, 0.4) is 0 Å². The molecule has 0 aliphatic carbocycles. The minimum atomic E-state index is -0.496. The van der Waals surface area contributed by atoms with Crippen molar-refractivity contribution in [1.29, 1.82) is 0 Å². The summed E-state index contributed by atoms with van der Waals surface area (Å²) in [6, 6.07) is 7.68. The lowest BCUT2D eigenvalue weighted by Gasteiger charge is -2.16. The summed E-state index contributed by atoms with van der Waals surface area (Å²) >= 11 is 0. The van der Waals surface area contributed by atoms with Crippen LogP contribution in [0.1, 0.15) is 48.0 Å². The normalized spacial score (nSPS) is 14.1. The molecule has 0 radical (unpaired) electrons. The lowest BCUT2D eigenvalue weighted by Crippen LogP contribution is -2.29. The lowest BCUT2D eigenvalue weighted by molar-refractivity contribution is -0.0431. The molecule has 16 heavy (non-hydrogen) atoms. The average molecular weight is 224 g/mol. The first-order valence-electron chi connectivity index (χ1n) is 6.06. The third-order valence-electron chi connectivity index (χ3n) is 1.56. The monoisotopic (exact) mass is 224 g/mol. The number of hydrogen-bond acceptors (Lipinski definition) is 2. The van der Waals surface area contributed by atoms with Crippen LogP contribution in [0.5, 0.6) is 11.5 Å². The van der Waals surface area contributed by atoms with Gasteiger partial charge in [0.25, 0.3) is 0 Å². The second-order valence-electron chi connectivity index (χ2n) is 3.76. The molecule has 0 unspecified atom stereocenters. The van der Waals surface area contributed by atoms with Gasteiger partial charge in [0.2, 0.25) is 5.79 Å². The third kappa shape index (κ3) is 4.56. The number of hydrogen-bond donors (Lipinski definition) is 0. The van der Waals surface area contributed by atoms with Crippen molar-refractivity contribution in [1.82, 2.24) is 0 Å². The van der Waals surface area contributed by atoms with Crippen molar-refractivity contribution in [2.45, 2.75) is 53.8 Å². The maximum absolute atomic E-state index is 5.47. The van der Waals surface area contributed by atoms with E-state index in [0.717, 1.165) is 11.5 Å². The Morgan fingerprint density at radius 1 is 0.938 bits per heavy atom. The molecule has 0 fully saturated rings. The first kappa shape index (κ1) is 14.8. The zero-order valence-corrected chi connectivity index (χ0v) is 11.3. The first-order chi connectivity index (χ1) is 7.59. The van der Waals surface area contributed by atoms with Gasteiger partial charge in [-0.1, -0.05) is 46.2 Å². The summed E-state index contributed by atoms with van der Waals surface area (Å²) in [5, 5.41) is 0. The van der Waals surface area contributed by atoms with E-state index in [2.05, 4.69) is 13.8 Å². The molecule has 1 aliphatic heterocycles. The predicted octanol–water partition coefficient (Wildman–Crippen LogP) is 4.64. The summed E-state index contributed by atoms with van der Waals surface area (Å²) in [5.41, 5.74) is 0. The van der Waals surface area contributed by atoms with Gasteiger partial charge in [0, 0.05) is 13.8 Å². The molecule has 0 N–H and O–H groups in total. The highest BCUT2D eigenvalue weighted by atomic mass is 16.7. The molecule has 0 saturated carbocycles. The fourth-order valence-corrected chi connectivity index (χ4v) is 1.17. The smallest absolute Gasteiger partial charge is 0.246 e. The van der Waals surface area contributed by atoms with Gasteiger partial charge in [-0.05, 0) is 12.1 Å². The molecule has 1 heterocycles. The van der Waals surface area contributed by atoms with Crippen LogP contribution in [-0.2, 0) is 0 Å². The number of para-hydroxylation sites is 2. The minimum absolute atomic E-state index is 0.496. The molecule has 0 spiro atoms. The molecule has 0 amide bonds. The van der Waals surface area contributed by atoms with E-state index in [1.165, 1.54) is 6.42 Å². The molecule has 1 aromatic rings. The molecular formula is C14H24O2. The predicted molar refractivity (Wildman–Crippen MR) is 69.1 cm³/mol. The highest BCUT2D eigenvalue weighted by Crippen LogP contribution is 2.38. The summed E-state index contributed by atoms with van der Waals surface area (Å²) in [6.45, 7) is 12.0. The molecule has 92 valence electrons. The van der Waals surface area contributed by atoms with E-state index in [9.17, 15) is 0 Å². The lowest BCUT2D eigenvalue weighted by atomic mass is 10.3. The van der Waals surface area contributed by atoms with Crippen molar-refractivity contribution in [3.8, 4) is 11.5 Å². The van der Waals surface area contributed by atoms with Crippen molar-refractivity contribution in [3.63, 3.8) is 0 Å². The SMILES string of the molecule is CC.CC1(C)Oc2ccccc2O1.CCC. The second kappa shape index (κ2) is 7.15. The fraction of sp³-hybridized carbons (Fsp3) is 0.571. The number of ether oxygens (including phenoxy) is 2. The van der Waals surface area contributed by atoms with E-state index in [-0.39, 0.29) is 0 Å².